The van der Waals surface area contributed by atoms with Crippen molar-refractivity contribution in [2.75, 3.05) is 7.05 Å². The zero-order valence-corrected chi connectivity index (χ0v) is 12.6. The van der Waals surface area contributed by atoms with E-state index in [0.29, 0.717) is 0 Å². The van der Waals surface area contributed by atoms with Gasteiger partial charge in [0.15, 0.2) is 0 Å². The van der Waals surface area contributed by atoms with Crippen molar-refractivity contribution < 1.29 is 22.7 Å². The molecule has 2 rings (SSSR count). The second-order valence-electron chi connectivity index (χ2n) is 4.29. The largest absolute Gasteiger partial charge is 0.478 e. The fraction of sp³-hybridized carbons (Fsp3) is 0.154. The van der Waals surface area contributed by atoms with Gasteiger partial charge in [0.25, 0.3) is 0 Å². The zero-order valence-electron chi connectivity index (χ0n) is 11.0. The van der Waals surface area contributed by atoms with Crippen molar-refractivity contribution >= 4 is 27.3 Å². The van der Waals surface area contributed by atoms with Gasteiger partial charge in [-0.15, -0.1) is 11.3 Å². The van der Waals surface area contributed by atoms with E-state index in [1.54, 1.807) is 12.1 Å². The van der Waals surface area contributed by atoms with E-state index in [1.807, 2.05) is 5.38 Å². The van der Waals surface area contributed by atoms with Crippen LogP contribution in [0.1, 0.15) is 15.2 Å². The predicted octanol–water partition coefficient (Wildman–Crippen LogP) is 2.41. The number of carbonyl (C=O) groups is 1. The Labute approximate surface area is 125 Å². The topological polar surface area (TPSA) is 74.7 Å². The fourth-order valence-electron chi connectivity index (χ4n) is 1.72. The molecule has 0 aliphatic heterocycles. The van der Waals surface area contributed by atoms with Crippen LogP contribution in [0, 0.1) is 5.82 Å². The number of aromatic carboxylic acids is 1. The Kier molecular flexibility index (Phi) is 4.40. The molecular formula is C13H12FNO4S2. The summed E-state index contributed by atoms with van der Waals surface area (Å²) in [6.07, 6.45) is 0. The number of rotatable bonds is 5. The highest BCUT2D eigenvalue weighted by atomic mass is 32.2. The van der Waals surface area contributed by atoms with Crippen molar-refractivity contribution in [2.24, 2.45) is 0 Å². The summed E-state index contributed by atoms with van der Waals surface area (Å²) in [6.45, 7) is 0.166. The molecule has 2 aromatic rings. The molecule has 1 aromatic carbocycles. The summed E-state index contributed by atoms with van der Waals surface area (Å²) in [5, 5.41) is 10.7. The van der Waals surface area contributed by atoms with Gasteiger partial charge < -0.3 is 5.11 Å². The highest BCUT2D eigenvalue weighted by molar-refractivity contribution is 7.89. The molecule has 0 bridgehead atoms. The van der Waals surface area contributed by atoms with Gasteiger partial charge in [0.05, 0.1) is 10.5 Å². The number of halogens is 1. The van der Waals surface area contributed by atoms with Gasteiger partial charge in [0.2, 0.25) is 10.0 Å². The lowest BCUT2D eigenvalue weighted by molar-refractivity contribution is 0.0691. The number of carboxylic acids is 1. The van der Waals surface area contributed by atoms with Crippen molar-refractivity contribution in [3.63, 3.8) is 0 Å². The van der Waals surface area contributed by atoms with Gasteiger partial charge in [-0.3, -0.25) is 0 Å². The number of benzene rings is 1. The van der Waals surface area contributed by atoms with E-state index >= 15 is 0 Å². The Morgan fingerprint density at radius 2 is 2.10 bits per heavy atom. The van der Waals surface area contributed by atoms with Crippen LogP contribution in [0.15, 0.2) is 40.6 Å². The number of hydrogen-bond acceptors (Lipinski definition) is 4. The van der Waals surface area contributed by atoms with Gasteiger partial charge in [-0.2, -0.15) is 4.31 Å². The molecule has 1 aromatic heterocycles. The number of carboxylic acid groups (broad SMARTS) is 1. The monoisotopic (exact) mass is 329 g/mol. The number of thiophene rings is 1. The summed E-state index contributed by atoms with van der Waals surface area (Å²) in [5.41, 5.74) is -0.666. The number of sulfonamides is 1. The van der Waals surface area contributed by atoms with E-state index < -0.39 is 27.4 Å². The molecule has 0 saturated carbocycles. The predicted molar refractivity (Wildman–Crippen MR) is 76.3 cm³/mol. The van der Waals surface area contributed by atoms with Crippen LogP contribution in [0.25, 0.3) is 0 Å². The van der Waals surface area contributed by atoms with E-state index in [2.05, 4.69) is 0 Å². The molecular weight excluding hydrogens is 317 g/mol. The quantitative estimate of drug-likeness (QED) is 0.914. The standard InChI is InChI=1S/C13H12FNO4S2/c1-15(8-9-3-2-6-20-9)21(18,19)10-4-5-12(14)11(7-10)13(16)17/h2-7H,8H2,1H3,(H,16,17). The Balaban J connectivity index is 2.35. The molecule has 1 N–H and O–H groups in total. The third-order valence-corrected chi connectivity index (χ3v) is 5.50. The lowest BCUT2D eigenvalue weighted by atomic mass is 10.2. The molecule has 0 atom stereocenters. The molecule has 1 heterocycles. The maximum absolute atomic E-state index is 13.3. The van der Waals surface area contributed by atoms with Gasteiger partial charge in [-0.05, 0) is 29.6 Å². The Bertz CT molecular complexity index is 756. The summed E-state index contributed by atoms with van der Waals surface area (Å²) < 4.78 is 39.1. The fourth-order valence-corrected chi connectivity index (χ4v) is 3.73. The minimum atomic E-state index is -3.88. The minimum Gasteiger partial charge on any atom is -0.478 e. The van der Waals surface area contributed by atoms with Crippen molar-refractivity contribution in [1.82, 2.24) is 4.31 Å². The van der Waals surface area contributed by atoms with E-state index in [1.165, 1.54) is 18.4 Å². The number of hydrogen-bond donors (Lipinski definition) is 1. The molecule has 5 nitrogen and oxygen atoms in total. The second-order valence-corrected chi connectivity index (χ2v) is 7.36. The van der Waals surface area contributed by atoms with Crippen LogP contribution in [0.4, 0.5) is 4.39 Å². The van der Waals surface area contributed by atoms with Crippen molar-refractivity contribution in [3.8, 4) is 0 Å². The summed E-state index contributed by atoms with van der Waals surface area (Å²) in [7, 11) is -2.49. The van der Waals surface area contributed by atoms with Crippen molar-refractivity contribution in [1.29, 1.82) is 0 Å². The first-order valence-electron chi connectivity index (χ1n) is 5.84. The first-order chi connectivity index (χ1) is 9.82. The maximum Gasteiger partial charge on any atom is 0.338 e. The van der Waals surface area contributed by atoms with Crippen LogP contribution in [-0.4, -0.2) is 30.8 Å². The van der Waals surface area contributed by atoms with Crippen LogP contribution in [0.3, 0.4) is 0 Å². The molecule has 8 heteroatoms. The second kappa shape index (κ2) is 5.92. The van der Waals surface area contributed by atoms with E-state index in [9.17, 15) is 17.6 Å². The van der Waals surface area contributed by atoms with Gasteiger partial charge in [-0.25, -0.2) is 17.6 Å². The molecule has 0 fully saturated rings. The summed E-state index contributed by atoms with van der Waals surface area (Å²) in [5.74, 6) is -2.48. The molecule has 0 aliphatic carbocycles. The van der Waals surface area contributed by atoms with Gasteiger partial charge in [0.1, 0.15) is 5.82 Å². The van der Waals surface area contributed by atoms with Crippen LogP contribution in [0.5, 0.6) is 0 Å². The molecule has 0 spiro atoms. The SMILES string of the molecule is CN(Cc1cccs1)S(=O)(=O)c1ccc(F)c(C(=O)O)c1. The van der Waals surface area contributed by atoms with Gasteiger partial charge >= 0.3 is 5.97 Å². The smallest absolute Gasteiger partial charge is 0.338 e. The Morgan fingerprint density at radius 3 is 2.67 bits per heavy atom. The van der Waals surface area contributed by atoms with E-state index in [-0.39, 0.29) is 11.4 Å². The Hall–Kier alpha value is -1.77. The third-order valence-electron chi connectivity index (χ3n) is 2.84. The van der Waals surface area contributed by atoms with E-state index in [4.69, 9.17) is 5.11 Å². The summed E-state index contributed by atoms with van der Waals surface area (Å²) in [4.78, 5) is 11.5. The van der Waals surface area contributed by atoms with Crippen LogP contribution < -0.4 is 0 Å². The lowest BCUT2D eigenvalue weighted by Gasteiger charge is -2.16. The van der Waals surface area contributed by atoms with Crippen LogP contribution in [-0.2, 0) is 16.6 Å². The van der Waals surface area contributed by atoms with Crippen molar-refractivity contribution in [3.05, 3.63) is 52.0 Å². The molecule has 0 amide bonds. The number of nitrogens with zero attached hydrogens (tertiary/aromatic N) is 1. The third kappa shape index (κ3) is 3.29. The average Bonchev–Trinajstić information content (AvgIpc) is 2.91. The first-order valence-corrected chi connectivity index (χ1v) is 8.16. The maximum atomic E-state index is 13.3. The van der Waals surface area contributed by atoms with Crippen molar-refractivity contribution in [2.45, 2.75) is 11.4 Å². The lowest BCUT2D eigenvalue weighted by Crippen LogP contribution is -2.26. The first kappa shape index (κ1) is 15.6. The summed E-state index contributed by atoms with van der Waals surface area (Å²) in [6, 6.07) is 6.33. The van der Waals surface area contributed by atoms with Crippen LogP contribution in [0.2, 0.25) is 0 Å². The highest BCUT2D eigenvalue weighted by Crippen LogP contribution is 2.21. The molecule has 0 saturated heterocycles. The van der Waals surface area contributed by atoms with Crippen LogP contribution >= 0.6 is 11.3 Å². The normalized spacial score (nSPS) is 11.8. The minimum absolute atomic E-state index is 0.166. The molecule has 21 heavy (non-hydrogen) atoms. The molecule has 0 unspecified atom stereocenters. The molecule has 0 radical (unpaired) electrons. The molecule has 0 aliphatic rings. The average molecular weight is 329 g/mol. The highest BCUT2D eigenvalue weighted by Gasteiger charge is 2.23. The van der Waals surface area contributed by atoms with Gasteiger partial charge in [0, 0.05) is 18.5 Å². The summed E-state index contributed by atoms with van der Waals surface area (Å²) >= 11 is 1.41. The molecule has 112 valence electrons. The Morgan fingerprint density at radius 1 is 1.38 bits per heavy atom. The zero-order chi connectivity index (χ0) is 15.6. The van der Waals surface area contributed by atoms with E-state index in [0.717, 1.165) is 27.4 Å². The van der Waals surface area contributed by atoms with Gasteiger partial charge in [-0.1, -0.05) is 6.07 Å².